The number of nitrogens with zero attached hydrogens (tertiary/aromatic N) is 4. The highest BCUT2D eigenvalue weighted by molar-refractivity contribution is 6.12. The molecule has 6 nitrogen and oxygen atoms in total. The third-order valence-electron chi connectivity index (χ3n) is 8.08. The number of aromatic nitrogens is 2. The highest BCUT2D eigenvalue weighted by Crippen LogP contribution is 2.33. The molecule has 0 spiro atoms. The second-order valence-electron chi connectivity index (χ2n) is 10.7. The van der Waals surface area contributed by atoms with Crippen LogP contribution in [0.2, 0.25) is 0 Å². The van der Waals surface area contributed by atoms with E-state index in [0.717, 1.165) is 71.8 Å². The van der Waals surface area contributed by atoms with Gasteiger partial charge in [-0.2, -0.15) is 0 Å². The van der Waals surface area contributed by atoms with Gasteiger partial charge in [-0.05, 0) is 60.9 Å². The van der Waals surface area contributed by atoms with E-state index in [1.807, 2.05) is 47.0 Å². The predicted molar refractivity (Wildman–Crippen MR) is 158 cm³/mol. The van der Waals surface area contributed by atoms with Gasteiger partial charge < -0.3 is 9.88 Å². The van der Waals surface area contributed by atoms with Gasteiger partial charge in [0.2, 0.25) is 0 Å². The molecule has 5 aromatic rings. The Morgan fingerprint density at radius 2 is 1.62 bits per heavy atom. The van der Waals surface area contributed by atoms with Gasteiger partial charge >= 0.3 is 5.69 Å². The van der Waals surface area contributed by atoms with Crippen LogP contribution >= 0.6 is 0 Å². The maximum absolute atomic E-state index is 14.0. The lowest BCUT2D eigenvalue weighted by molar-refractivity contribution is 0.180. The molecule has 1 saturated heterocycles. The summed E-state index contributed by atoms with van der Waals surface area (Å²) in [6.45, 7) is 3.31. The molecule has 2 aliphatic rings. The smallest absolute Gasteiger partial charge is 0.321 e. The third kappa shape index (κ3) is 4.62. The van der Waals surface area contributed by atoms with Gasteiger partial charge in [0, 0.05) is 42.5 Å². The third-order valence-corrected chi connectivity index (χ3v) is 8.08. The average molecular weight is 532 g/mol. The van der Waals surface area contributed by atoms with E-state index >= 15 is 0 Å². The van der Waals surface area contributed by atoms with E-state index in [4.69, 9.17) is 4.99 Å². The van der Waals surface area contributed by atoms with Gasteiger partial charge in [0.15, 0.2) is 0 Å². The molecule has 1 N–H and O–H groups in total. The largest absolute Gasteiger partial charge is 0.326 e. The Morgan fingerprint density at radius 3 is 2.42 bits per heavy atom. The number of benzene rings is 4. The molecule has 40 heavy (non-hydrogen) atoms. The number of aromatic amines is 1. The normalized spacial score (nSPS) is 16.2. The first-order valence-electron chi connectivity index (χ1n) is 13.8. The summed E-state index contributed by atoms with van der Waals surface area (Å²) in [4.78, 5) is 25.2. The van der Waals surface area contributed by atoms with Crippen LogP contribution in [-0.2, 0) is 13.1 Å². The van der Waals surface area contributed by atoms with Crippen LogP contribution in [0.25, 0.3) is 11.0 Å². The van der Waals surface area contributed by atoms with Crippen LogP contribution in [0.15, 0.2) is 107 Å². The molecule has 2 aliphatic heterocycles. The number of rotatable bonds is 5. The minimum atomic E-state index is -0.245. The number of aliphatic imine (C=N–C) groups is 1. The van der Waals surface area contributed by atoms with Crippen molar-refractivity contribution in [3.8, 4) is 0 Å². The lowest BCUT2D eigenvalue weighted by Crippen LogP contribution is -2.36. The highest BCUT2D eigenvalue weighted by Gasteiger charge is 2.25. The van der Waals surface area contributed by atoms with Crippen LogP contribution in [0.5, 0.6) is 0 Å². The van der Waals surface area contributed by atoms with Crippen LogP contribution < -0.4 is 10.6 Å². The number of H-pyrrole nitrogens is 1. The molecule has 0 amide bonds. The van der Waals surface area contributed by atoms with Crippen molar-refractivity contribution in [1.82, 2.24) is 14.5 Å². The second-order valence-corrected chi connectivity index (χ2v) is 10.7. The SMILES string of the molecule is O=c1[nH]c2ccccc2n1C1CCN(Cc2ccc(N3Cc4cc(F)ccc4N=C3c3ccccc3)cc2)CC1. The Bertz CT molecular complexity index is 1750. The molecule has 0 saturated carbocycles. The van der Waals surface area contributed by atoms with Crippen LogP contribution in [0, 0.1) is 5.82 Å². The van der Waals surface area contributed by atoms with Crippen molar-refractivity contribution < 1.29 is 4.39 Å². The summed E-state index contributed by atoms with van der Waals surface area (Å²) in [6.07, 6.45) is 1.89. The van der Waals surface area contributed by atoms with Gasteiger partial charge in [-0.3, -0.25) is 9.47 Å². The number of piperidine rings is 1. The van der Waals surface area contributed by atoms with Crippen molar-refractivity contribution in [3.05, 3.63) is 130 Å². The molecule has 3 heterocycles. The Morgan fingerprint density at radius 1 is 0.875 bits per heavy atom. The molecular weight excluding hydrogens is 501 g/mol. The van der Waals surface area contributed by atoms with E-state index in [1.54, 1.807) is 12.1 Å². The molecule has 0 unspecified atom stereocenters. The van der Waals surface area contributed by atoms with Gasteiger partial charge in [0.25, 0.3) is 0 Å². The van der Waals surface area contributed by atoms with Crippen molar-refractivity contribution in [2.45, 2.75) is 32.0 Å². The van der Waals surface area contributed by atoms with Gasteiger partial charge in [-0.25, -0.2) is 14.2 Å². The van der Waals surface area contributed by atoms with E-state index in [1.165, 1.54) is 11.6 Å². The van der Waals surface area contributed by atoms with E-state index in [2.05, 4.69) is 51.2 Å². The highest BCUT2D eigenvalue weighted by atomic mass is 19.1. The van der Waals surface area contributed by atoms with Gasteiger partial charge in [-0.1, -0.05) is 54.6 Å². The first kappa shape index (κ1) is 24.5. The fourth-order valence-corrected chi connectivity index (χ4v) is 6.04. The van der Waals surface area contributed by atoms with E-state index in [0.29, 0.717) is 6.54 Å². The molecule has 7 rings (SSSR count). The number of hydrogen-bond acceptors (Lipinski definition) is 4. The summed E-state index contributed by atoms with van der Waals surface area (Å²) in [5.41, 5.74) is 6.86. The topological polar surface area (TPSA) is 56.6 Å². The number of nitrogens with one attached hydrogen (secondary N) is 1. The Kier molecular flexibility index (Phi) is 6.28. The summed E-state index contributed by atoms with van der Waals surface area (Å²) in [5.74, 6) is 0.618. The Balaban J connectivity index is 1.07. The summed E-state index contributed by atoms with van der Waals surface area (Å²) in [7, 11) is 0. The molecule has 0 atom stereocenters. The summed E-state index contributed by atoms with van der Waals surface area (Å²) < 4.78 is 16.0. The maximum Gasteiger partial charge on any atom is 0.326 e. The second kappa shape index (κ2) is 10.2. The number of para-hydroxylation sites is 2. The van der Waals surface area contributed by atoms with Crippen LogP contribution in [0.1, 0.15) is 35.6 Å². The zero-order valence-corrected chi connectivity index (χ0v) is 22.1. The molecule has 1 fully saturated rings. The number of anilines is 1. The lowest BCUT2D eigenvalue weighted by atomic mass is 10.0. The van der Waals surface area contributed by atoms with Crippen molar-refractivity contribution >= 4 is 28.2 Å². The standard InChI is InChI=1S/C33H30FN5O/c34-26-12-15-29-25(20-26)22-38(32(35-29)24-6-2-1-3-7-24)27-13-10-23(11-14-27)21-37-18-16-28(17-19-37)39-31-9-5-4-8-30(31)36-33(39)40/h1-15,20,28H,16-19,21-22H2,(H,36,40). The Hall–Kier alpha value is -4.49. The number of fused-ring (bicyclic) bond motifs is 2. The summed E-state index contributed by atoms with van der Waals surface area (Å²) in [6, 6.07) is 31.7. The van der Waals surface area contributed by atoms with E-state index in [9.17, 15) is 9.18 Å². The minimum Gasteiger partial charge on any atom is -0.321 e. The Labute approximate surface area is 232 Å². The molecule has 0 radical (unpaired) electrons. The van der Waals surface area contributed by atoms with Gasteiger partial charge in [0.1, 0.15) is 11.7 Å². The van der Waals surface area contributed by atoms with Crippen LogP contribution in [0.4, 0.5) is 15.8 Å². The first-order chi connectivity index (χ1) is 19.6. The first-order valence-corrected chi connectivity index (χ1v) is 13.8. The van der Waals surface area contributed by atoms with Crippen molar-refractivity contribution in [2.75, 3.05) is 18.0 Å². The number of likely N-dealkylation sites (tertiary alicyclic amines) is 1. The van der Waals surface area contributed by atoms with Gasteiger partial charge in [0.05, 0.1) is 23.3 Å². The van der Waals surface area contributed by atoms with Crippen LogP contribution in [0.3, 0.4) is 0 Å². The number of amidine groups is 1. The zero-order valence-electron chi connectivity index (χ0n) is 22.1. The minimum absolute atomic E-state index is 0.0169. The van der Waals surface area contributed by atoms with Gasteiger partial charge in [-0.15, -0.1) is 0 Å². The quantitative estimate of drug-likeness (QED) is 0.285. The molecule has 200 valence electrons. The molecule has 4 aromatic carbocycles. The number of hydrogen-bond donors (Lipinski definition) is 1. The molecule has 7 heteroatoms. The monoisotopic (exact) mass is 531 g/mol. The fourth-order valence-electron chi connectivity index (χ4n) is 6.04. The average Bonchev–Trinajstić information content (AvgIpc) is 3.33. The fraction of sp³-hybridized carbons (Fsp3) is 0.212. The zero-order chi connectivity index (χ0) is 27.1. The molecule has 0 bridgehead atoms. The number of halogens is 1. The summed E-state index contributed by atoms with van der Waals surface area (Å²) in [5, 5.41) is 0. The van der Waals surface area contributed by atoms with Crippen molar-refractivity contribution in [3.63, 3.8) is 0 Å². The van der Waals surface area contributed by atoms with Crippen molar-refractivity contribution in [1.29, 1.82) is 0 Å². The predicted octanol–water partition coefficient (Wildman–Crippen LogP) is 6.40. The number of imidazole rings is 1. The molecule has 1 aromatic heterocycles. The van der Waals surface area contributed by atoms with E-state index in [-0.39, 0.29) is 17.5 Å². The lowest BCUT2D eigenvalue weighted by Gasteiger charge is -2.33. The molecule has 0 aliphatic carbocycles. The summed E-state index contributed by atoms with van der Waals surface area (Å²) >= 11 is 0. The van der Waals surface area contributed by atoms with Crippen LogP contribution in [-0.4, -0.2) is 33.4 Å². The van der Waals surface area contributed by atoms with Crippen molar-refractivity contribution in [2.24, 2.45) is 4.99 Å². The maximum atomic E-state index is 14.0. The van der Waals surface area contributed by atoms with E-state index < -0.39 is 0 Å². The molecular formula is C33H30FN5O.